The molecule has 4 rings (SSSR count). The molecule has 0 bridgehead atoms. The van der Waals surface area contributed by atoms with Crippen LogP contribution in [0.4, 0.5) is 5.69 Å². The van der Waals surface area contributed by atoms with Crippen LogP contribution >= 0.6 is 0 Å². The molecule has 4 aromatic rings. The lowest BCUT2D eigenvalue weighted by Gasteiger charge is -2.13. The number of aromatic nitrogens is 1. The summed E-state index contributed by atoms with van der Waals surface area (Å²) in [7, 11) is 1.63. The number of unbranched alkanes of at least 4 members (excludes halogenated alkanes) is 2. The molecule has 3 aromatic carbocycles. The maximum Gasteiger partial charge on any atom is 0.338 e. The maximum atomic E-state index is 13.5. The number of benzene rings is 3. The molecule has 0 aliphatic carbocycles. The Labute approximate surface area is 217 Å². The van der Waals surface area contributed by atoms with Gasteiger partial charge in [-0.2, -0.15) is 0 Å². The van der Waals surface area contributed by atoms with Crippen LogP contribution in [0.25, 0.3) is 22.2 Å². The smallest absolute Gasteiger partial charge is 0.338 e. The highest BCUT2D eigenvalue weighted by molar-refractivity contribution is 6.13. The molecular weight excluding hydrogens is 464 g/mol. The second-order valence-electron chi connectivity index (χ2n) is 9.14. The molecule has 0 saturated carbocycles. The molecule has 0 spiro atoms. The number of carbonyl (C=O) groups is 2. The van der Waals surface area contributed by atoms with Crippen molar-refractivity contribution < 1.29 is 19.1 Å². The van der Waals surface area contributed by atoms with E-state index in [1.165, 1.54) is 0 Å². The van der Waals surface area contributed by atoms with E-state index in [0.717, 1.165) is 52.6 Å². The predicted molar refractivity (Wildman–Crippen MR) is 147 cm³/mol. The largest absolute Gasteiger partial charge is 0.497 e. The minimum atomic E-state index is -0.357. The van der Waals surface area contributed by atoms with Crippen LogP contribution < -0.4 is 10.1 Å². The summed E-state index contributed by atoms with van der Waals surface area (Å²) in [6, 6.07) is 20.2. The Morgan fingerprint density at radius 3 is 2.32 bits per heavy atom. The second-order valence-corrected chi connectivity index (χ2v) is 9.14. The van der Waals surface area contributed by atoms with Gasteiger partial charge in [0.2, 0.25) is 0 Å². The van der Waals surface area contributed by atoms with Crippen molar-refractivity contribution in [3.63, 3.8) is 0 Å². The van der Waals surface area contributed by atoms with Crippen molar-refractivity contribution >= 4 is 28.5 Å². The zero-order valence-electron chi connectivity index (χ0n) is 21.8. The number of methoxy groups -OCH3 is 1. The summed E-state index contributed by atoms with van der Waals surface area (Å²) in [5.74, 6) is 0.147. The third-order valence-electron chi connectivity index (χ3n) is 6.24. The minimum absolute atomic E-state index is 0.248. The molecule has 1 amide bonds. The Kier molecular flexibility index (Phi) is 8.18. The van der Waals surface area contributed by atoms with Gasteiger partial charge < -0.3 is 14.8 Å². The van der Waals surface area contributed by atoms with E-state index in [2.05, 4.69) is 18.3 Å². The molecule has 6 heteroatoms. The predicted octanol–water partition coefficient (Wildman–Crippen LogP) is 7.13. The van der Waals surface area contributed by atoms with Crippen LogP contribution in [-0.2, 0) is 4.74 Å². The number of esters is 1. The van der Waals surface area contributed by atoms with E-state index in [9.17, 15) is 9.59 Å². The van der Waals surface area contributed by atoms with Gasteiger partial charge in [-0.25, -0.2) is 9.78 Å². The van der Waals surface area contributed by atoms with Gasteiger partial charge in [0.05, 0.1) is 36.1 Å². The van der Waals surface area contributed by atoms with Crippen molar-refractivity contribution in [3.05, 3.63) is 89.0 Å². The lowest BCUT2D eigenvalue weighted by atomic mass is 9.99. The first-order chi connectivity index (χ1) is 17.9. The van der Waals surface area contributed by atoms with Crippen LogP contribution in [0.15, 0.2) is 66.7 Å². The number of hydrogen-bond donors (Lipinski definition) is 1. The average molecular weight is 497 g/mol. The average Bonchev–Trinajstić information content (AvgIpc) is 2.91. The van der Waals surface area contributed by atoms with Gasteiger partial charge in [-0.15, -0.1) is 0 Å². The van der Waals surface area contributed by atoms with Crippen molar-refractivity contribution in [1.29, 1.82) is 0 Å². The number of nitrogens with zero attached hydrogens (tertiary/aromatic N) is 1. The SMILES string of the molecule is CCCCCOC(=O)c1ccc(NC(=O)c2cc(-c3ccc(OC)cc3)nc3c(C)cc(C)cc23)cc1. The van der Waals surface area contributed by atoms with Crippen LogP contribution in [0.1, 0.15) is 58.0 Å². The molecule has 0 aliphatic heterocycles. The molecule has 1 N–H and O–H groups in total. The number of rotatable bonds is 9. The highest BCUT2D eigenvalue weighted by atomic mass is 16.5. The van der Waals surface area contributed by atoms with E-state index in [4.69, 9.17) is 14.5 Å². The quantitative estimate of drug-likeness (QED) is 0.197. The van der Waals surface area contributed by atoms with E-state index in [1.54, 1.807) is 31.4 Å². The molecule has 1 heterocycles. The third kappa shape index (κ3) is 6.15. The monoisotopic (exact) mass is 496 g/mol. The number of ether oxygens (including phenoxy) is 2. The molecule has 0 atom stereocenters. The van der Waals surface area contributed by atoms with Crippen molar-refractivity contribution in [1.82, 2.24) is 4.98 Å². The van der Waals surface area contributed by atoms with Gasteiger partial charge in [0.15, 0.2) is 0 Å². The van der Waals surface area contributed by atoms with Crippen LogP contribution in [0.2, 0.25) is 0 Å². The fourth-order valence-corrected chi connectivity index (χ4v) is 4.27. The van der Waals surface area contributed by atoms with Crippen molar-refractivity contribution in [2.45, 2.75) is 40.0 Å². The molecule has 6 nitrogen and oxygen atoms in total. The number of carbonyl (C=O) groups excluding carboxylic acids is 2. The number of hydrogen-bond acceptors (Lipinski definition) is 5. The van der Waals surface area contributed by atoms with E-state index in [-0.39, 0.29) is 11.9 Å². The third-order valence-corrected chi connectivity index (χ3v) is 6.24. The van der Waals surface area contributed by atoms with E-state index < -0.39 is 0 Å². The van der Waals surface area contributed by atoms with E-state index in [0.29, 0.717) is 29.1 Å². The second kappa shape index (κ2) is 11.7. The molecule has 190 valence electrons. The van der Waals surface area contributed by atoms with Gasteiger partial charge in [0.1, 0.15) is 5.75 Å². The number of aryl methyl sites for hydroxylation is 2. The summed E-state index contributed by atoms with van der Waals surface area (Å²) in [5.41, 5.74) is 6.00. The number of pyridine rings is 1. The van der Waals surface area contributed by atoms with Crippen LogP contribution in [-0.4, -0.2) is 30.6 Å². The van der Waals surface area contributed by atoms with Crippen molar-refractivity contribution in [2.75, 3.05) is 19.0 Å². The molecule has 0 saturated heterocycles. The van der Waals surface area contributed by atoms with Gasteiger partial charge in [0.25, 0.3) is 5.91 Å². The van der Waals surface area contributed by atoms with Gasteiger partial charge in [-0.05, 0) is 86.5 Å². The molecular formula is C31H32N2O4. The van der Waals surface area contributed by atoms with Crippen LogP contribution in [0.5, 0.6) is 5.75 Å². The number of amides is 1. The van der Waals surface area contributed by atoms with Gasteiger partial charge in [0, 0.05) is 16.6 Å². The molecule has 0 aliphatic rings. The van der Waals surface area contributed by atoms with Crippen molar-refractivity contribution in [3.8, 4) is 17.0 Å². The Bertz CT molecular complexity index is 1410. The van der Waals surface area contributed by atoms with Gasteiger partial charge in [-0.1, -0.05) is 31.4 Å². The van der Waals surface area contributed by atoms with E-state index in [1.807, 2.05) is 50.2 Å². The fraction of sp³-hybridized carbons (Fsp3) is 0.258. The summed E-state index contributed by atoms with van der Waals surface area (Å²) >= 11 is 0. The molecule has 0 radical (unpaired) electrons. The molecule has 0 unspecified atom stereocenters. The topological polar surface area (TPSA) is 77.5 Å². The Morgan fingerprint density at radius 2 is 1.65 bits per heavy atom. The first-order valence-corrected chi connectivity index (χ1v) is 12.5. The Balaban J connectivity index is 1.61. The number of fused-ring (bicyclic) bond motifs is 1. The van der Waals surface area contributed by atoms with Gasteiger partial charge >= 0.3 is 5.97 Å². The first kappa shape index (κ1) is 25.9. The summed E-state index contributed by atoms with van der Waals surface area (Å²) in [5, 5.41) is 3.76. The summed E-state index contributed by atoms with van der Waals surface area (Å²) in [4.78, 5) is 30.7. The lowest BCUT2D eigenvalue weighted by molar-refractivity contribution is 0.0498. The van der Waals surface area contributed by atoms with Crippen LogP contribution in [0.3, 0.4) is 0 Å². The minimum Gasteiger partial charge on any atom is -0.497 e. The Morgan fingerprint density at radius 1 is 0.919 bits per heavy atom. The number of nitrogens with one attached hydrogen (secondary N) is 1. The summed E-state index contributed by atoms with van der Waals surface area (Å²) in [6.07, 6.45) is 2.95. The zero-order valence-corrected chi connectivity index (χ0v) is 21.8. The van der Waals surface area contributed by atoms with Crippen molar-refractivity contribution in [2.24, 2.45) is 0 Å². The fourth-order valence-electron chi connectivity index (χ4n) is 4.27. The zero-order chi connectivity index (χ0) is 26.4. The number of anilines is 1. The standard InChI is InChI=1S/C31H32N2O4/c1-5-6-7-16-37-31(35)23-8-12-24(13-9-23)32-30(34)27-19-28(22-10-14-25(36-4)15-11-22)33-29-21(3)17-20(2)18-26(27)29/h8-15,17-19H,5-7,16H2,1-4H3,(H,32,34). The van der Waals surface area contributed by atoms with E-state index >= 15 is 0 Å². The highest BCUT2D eigenvalue weighted by Gasteiger charge is 2.17. The normalized spacial score (nSPS) is 10.8. The van der Waals surface area contributed by atoms with Crippen LogP contribution in [0, 0.1) is 13.8 Å². The molecule has 37 heavy (non-hydrogen) atoms. The molecule has 0 fully saturated rings. The highest BCUT2D eigenvalue weighted by Crippen LogP contribution is 2.29. The first-order valence-electron chi connectivity index (χ1n) is 12.5. The molecule has 1 aromatic heterocycles. The lowest BCUT2D eigenvalue weighted by Crippen LogP contribution is -2.14. The maximum absolute atomic E-state index is 13.5. The summed E-state index contributed by atoms with van der Waals surface area (Å²) < 4.78 is 10.6. The Hall–Kier alpha value is -4.19. The summed E-state index contributed by atoms with van der Waals surface area (Å²) in [6.45, 7) is 6.52. The van der Waals surface area contributed by atoms with Gasteiger partial charge in [-0.3, -0.25) is 4.79 Å².